The molecule has 168 valence electrons. The van der Waals surface area contributed by atoms with Crippen LogP contribution >= 0.6 is 23.1 Å². The van der Waals surface area contributed by atoms with Crippen molar-refractivity contribution in [2.45, 2.75) is 30.6 Å². The van der Waals surface area contributed by atoms with Crippen LogP contribution in [-0.4, -0.2) is 24.2 Å². The third kappa shape index (κ3) is 6.15. The van der Waals surface area contributed by atoms with Crippen LogP contribution in [0.15, 0.2) is 59.5 Å². The third-order valence-corrected chi connectivity index (χ3v) is 7.34. The summed E-state index contributed by atoms with van der Waals surface area (Å²) >= 11 is 2.90. The highest BCUT2D eigenvalue weighted by Crippen LogP contribution is 2.37. The molecular weight excluding hydrogens is 454 g/mol. The van der Waals surface area contributed by atoms with Gasteiger partial charge in [-0.05, 0) is 61.6 Å². The van der Waals surface area contributed by atoms with Crippen LogP contribution in [0.4, 0.5) is 10.7 Å². The zero-order valence-electron chi connectivity index (χ0n) is 17.9. The molecular formula is C25H23N3O3S2. The zero-order valence-corrected chi connectivity index (χ0v) is 19.6. The highest BCUT2D eigenvalue weighted by molar-refractivity contribution is 8.00. The van der Waals surface area contributed by atoms with Gasteiger partial charge in [0.1, 0.15) is 16.8 Å². The Morgan fingerprint density at radius 2 is 1.85 bits per heavy atom. The van der Waals surface area contributed by atoms with Crippen molar-refractivity contribution < 1.29 is 14.3 Å². The Balaban J connectivity index is 1.29. The zero-order chi connectivity index (χ0) is 23.0. The molecule has 1 heterocycles. The standard InChI is InChI=1S/C25H23N3O3S2/c26-14-21-20-11-4-5-12-22(20)33-25(21)28-24(30)16-32-19-10-6-7-17(13-19)27-23(29)15-31-18-8-2-1-3-9-18/h1-3,6-10,13H,4-5,11-12,15-16H2,(H,27,29)(H,28,30). The van der Waals surface area contributed by atoms with Gasteiger partial charge in [-0.25, -0.2) is 0 Å². The minimum atomic E-state index is -0.260. The molecule has 0 radical (unpaired) electrons. The first kappa shape index (κ1) is 22.9. The van der Waals surface area contributed by atoms with Crippen LogP contribution in [0.2, 0.25) is 0 Å². The molecule has 1 aliphatic carbocycles. The summed E-state index contributed by atoms with van der Waals surface area (Å²) in [5, 5.41) is 15.9. The van der Waals surface area contributed by atoms with E-state index in [0.717, 1.165) is 36.1 Å². The highest BCUT2D eigenvalue weighted by Gasteiger charge is 2.21. The minimum absolute atomic E-state index is 0.0875. The van der Waals surface area contributed by atoms with Crippen molar-refractivity contribution in [2.24, 2.45) is 0 Å². The molecule has 2 amide bonds. The lowest BCUT2D eigenvalue weighted by molar-refractivity contribution is -0.118. The summed E-state index contributed by atoms with van der Waals surface area (Å²) < 4.78 is 5.46. The molecule has 3 aromatic rings. The first-order valence-electron chi connectivity index (χ1n) is 10.7. The molecule has 1 aromatic heterocycles. The first-order chi connectivity index (χ1) is 16.1. The number of nitrogens with one attached hydrogen (secondary N) is 2. The summed E-state index contributed by atoms with van der Waals surface area (Å²) in [7, 11) is 0. The van der Waals surface area contributed by atoms with E-state index in [-0.39, 0.29) is 24.2 Å². The molecule has 6 nitrogen and oxygen atoms in total. The molecule has 0 saturated carbocycles. The molecule has 33 heavy (non-hydrogen) atoms. The molecule has 0 bridgehead atoms. The Labute approximate surface area is 201 Å². The highest BCUT2D eigenvalue weighted by atomic mass is 32.2. The fraction of sp³-hybridized carbons (Fsp3) is 0.240. The van der Waals surface area contributed by atoms with E-state index in [1.165, 1.54) is 28.0 Å². The molecule has 0 atom stereocenters. The predicted molar refractivity (Wildman–Crippen MR) is 132 cm³/mol. The van der Waals surface area contributed by atoms with Crippen molar-refractivity contribution in [3.63, 3.8) is 0 Å². The topological polar surface area (TPSA) is 91.2 Å². The number of thiophene rings is 1. The van der Waals surface area contributed by atoms with Crippen LogP contribution in [0.25, 0.3) is 0 Å². The number of carbonyl (C=O) groups is 2. The van der Waals surface area contributed by atoms with Gasteiger partial charge in [0.15, 0.2) is 6.61 Å². The van der Waals surface area contributed by atoms with Crippen molar-refractivity contribution in [3.05, 3.63) is 70.6 Å². The third-order valence-electron chi connectivity index (χ3n) is 5.14. The van der Waals surface area contributed by atoms with Gasteiger partial charge in [-0.1, -0.05) is 24.3 Å². The molecule has 0 spiro atoms. The SMILES string of the molecule is N#Cc1c(NC(=O)CSc2cccc(NC(=O)COc3ccccc3)c2)sc2c1CCCC2. The van der Waals surface area contributed by atoms with E-state index in [4.69, 9.17) is 4.74 Å². The maximum Gasteiger partial charge on any atom is 0.262 e. The normalized spacial score (nSPS) is 12.3. The van der Waals surface area contributed by atoms with Gasteiger partial charge in [0, 0.05) is 15.5 Å². The number of rotatable bonds is 8. The summed E-state index contributed by atoms with van der Waals surface area (Å²) in [5.41, 5.74) is 2.37. The fourth-order valence-corrected chi connectivity index (χ4v) is 5.62. The number of anilines is 2. The van der Waals surface area contributed by atoms with Crippen molar-refractivity contribution in [3.8, 4) is 11.8 Å². The van der Waals surface area contributed by atoms with E-state index in [9.17, 15) is 14.9 Å². The van der Waals surface area contributed by atoms with Gasteiger partial charge in [0.2, 0.25) is 5.91 Å². The average molecular weight is 478 g/mol. The molecule has 0 fully saturated rings. The molecule has 0 unspecified atom stereocenters. The molecule has 1 aliphatic rings. The second kappa shape index (κ2) is 11.0. The van der Waals surface area contributed by atoms with Gasteiger partial charge in [-0.3, -0.25) is 9.59 Å². The molecule has 0 saturated heterocycles. The number of ether oxygens (including phenoxy) is 1. The number of aryl methyl sites for hydroxylation is 1. The second-order valence-corrected chi connectivity index (χ2v) is 9.70. The molecule has 2 N–H and O–H groups in total. The van der Waals surface area contributed by atoms with Gasteiger partial charge in [-0.15, -0.1) is 23.1 Å². The molecule has 8 heteroatoms. The lowest BCUT2D eigenvalue weighted by atomic mass is 9.96. The number of benzene rings is 2. The lowest BCUT2D eigenvalue weighted by Crippen LogP contribution is -2.20. The number of thioether (sulfide) groups is 1. The Hall–Kier alpha value is -3.28. The number of carbonyl (C=O) groups excluding carboxylic acids is 2. The summed E-state index contributed by atoms with van der Waals surface area (Å²) in [4.78, 5) is 26.8. The van der Waals surface area contributed by atoms with Crippen LogP contribution in [0, 0.1) is 11.3 Å². The number of hydrogen-bond donors (Lipinski definition) is 2. The predicted octanol–water partition coefficient (Wildman–Crippen LogP) is 5.25. The Bertz CT molecular complexity index is 1190. The van der Waals surface area contributed by atoms with Crippen molar-refractivity contribution in [2.75, 3.05) is 23.0 Å². The van der Waals surface area contributed by atoms with Gasteiger partial charge < -0.3 is 15.4 Å². The van der Waals surface area contributed by atoms with Crippen LogP contribution in [0.1, 0.15) is 28.8 Å². The van der Waals surface area contributed by atoms with E-state index in [0.29, 0.717) is 22.0 Å². The fourth-order valence-electron chi connectivity index (χ4n) is 3.61. The van der Waals surface area contributed by atoms with E-state index in [1.807, 2.05) is 36.4 Å². The number of nitriles is 1. The number of amides is 2. The lowest BCUT2D eigenvalue weighted by Gasteiger charge is -2.09. The van der Waals surface area contributed by atoms with Gasteiger partial charge in [-0.2, -0.15) is 5.26 Å². The smallest absolute Gasteiger partial charge is 0.262 e. The maximum atomic E-state index is 12.5. The summed E-state index contributed by atoms with van der Waals surface area (Å²) in [6.45, 7) is -0.0875. The Morgan fingerprint density at radius 1 is 1.03 bits per heavy atom. The maximum absolute atomic E-state index is 12.5. The van der Waals surface area contributed by atoms with E-state index >= 15 is 0 Å². The van der Waals surface area contributed by atoms with E-state index in [1.54, 1.807) is 18.2 Å². The van der Waals surface area contributed by atoms with Crippen molar-refractivity contribution in [1.82, 2.24) is 0 Å². The van der Waals surface area contributed by atoms with Crippen LogP contribution in [0.3, 0.4) is 0 Å². The molecule has 4 rings (SSSR count). The van der Waals surface area contributed by atoms with Gasteiger partial charge in [0.25, 0.3) is 5.91 Å². The summed E-state index contributed by atoms with van der Waals surface area (Å²) in [6.07, 6.45) is 4.11. The average Bonchev–Trinajstić information content (AvgIpc) is 3.19. The summed E-state index contributed by atoms with van der Waals surface area (Å²) in [5.74, 6) is 0.432. The monoisotopic (exact) mass is 477 g/mol. The minimum Gasteiger partial charge on any atom is -0.484 e. The molecule has 2 aromatic carbocycles. The largest absolute Gasteiger partial charge is 0.484 e. The molecule has 0 aliphatic heterocycles. The van der Waals surface area contributed by atoms with Crippen LogP contribution in [0.5, 0.6) is 5.75 Å². The number of nitrogens with zero attached hydrogens (tertiary/aromatic N) is 1. The second-order valence-electron chi connectivity index (χ2n) is 7.54. The van der Waals surface area contributed by atoms with E-state index in [2.05, 4.69) is 16.7 Å². The van der Waals surface area contributed by atoms with Crippen molar-refractivity contribution in [1.29, 1.82) is 5.26 Å². The quantitative estimate of drug-likeness (QED) is 0.433. The van der Waals surface area contributed by atoms with Gasteiger partial charge in [0.05, 0.1) is 11.3 Å². The Kier molecular flexibility index (Phi) is 7.66. The number of para-hydroxylation sites is 1. The summed E-state index contributed by atoms with van der Waals surface area (Å²) in [6, 6.07) is 18.8. The van der Waals surface area contributed by atoms with Crippen LogP contribution < -0.4 is 15.4 Å². The van der Waals surface area contributed by atoms with Gasteiger partial charge >= 0.3 is 0 Å². The number of hydrogen-bond acceptors (Lipinski definition) is 6. The van der Waals surface area contributed by atoms with Crippen molar-refractivity contribution >= 4 is 45.6 Å². The van der Waals surface area contributed by atoms with E-state index < -0.39 is 0 Å². The Morgan fingerprint density at radius 3 is 2.67 bits per heavy atom. The first-order valence-corrected chi connectivity index (χ1v) is 12.5. The van der Waals surface area contributed by atoms with Crippen LogP contribution in [-0.2, 0) is 22.4 Å². The number of fused-ring (bicyclic) bond motifs is 1.